The Labute approximate surface area is 170 Å². The summed E-state index contributed by atoms with van der Waals surface area (Å²) >= 11 is 6.11. The lowest BCUT2D eigenvalue weighted by Gasteiger charge is -2.22. The zero-order chi connectivity index (χ0) is 20.3. The average Bonchev–Trinajstić information content (AvgIpc) is 3.10. The molecular weight excluding hydrogens is 376 g/mol. The Morgan fingerprint density at radius 2 is 2.00 bits per heavy atom. The van der Waals surface area contributed by atoms with Gasteiger partial charge in [0.2, 0.25) is 5.95 Å². The number of fused-ring (bicyclic) bond motifs is 1. The van der Waals surface area contributed by atoms with E-state index in [1.165, 1.54) is 0 Å². The molecule has 2 unspecified atom stereocenters. The van der Waals surface area contributed by atoms with Crippen LogP contribution in [0.25, 0.3) is 11.2 Å². The van der Waals surface area contributed by atoms with Gasteiger partial charge in [-0.2, -0.15) is 9.97 Å². The number of aliphatic hydroxyl groups is 1. The largest absolute Gasteiger partial charge is 0.394 e. The number of nitrogens with one attached hydrogen (secondary N) is 2. The van der Waals surface area contributed by atoms with Crippen LogP contribution in [0.3, 0.4) is 0 Å². The molecule has 0 amide bonds. The first-order valence-corrected chi connectivity index (χ1v) is 9.95. The number of imidazole rings is 1. The summed E-state index contributed by atoms with van der Waals surface area (Å²) in [5.41, 5.74) is 2.24. The van der Waals surface area contributed by atoms with E-state index in [4.69, 9.17) is 11.6 Å². The number of hydrogen-bond acceptors (Lipinski definition) is 6. The van der Waals surface area contributed by atoms with E-state index in [0.717, 1.165) is 17.8 Å². The van der Waals surface area contributed by atoms with Crippen molar-refractivity contribution < 1.29 is 5.11 Å². The number of anilines is 3. The Balaban J connectivity index is 2.05. The predicted octanol–water partition coefficient (Wildman–Crippen LogP) is 4.62. The van der Waals surface area contributed by atoms with E-state index < -0.39 is 0 Å². The van der Waals surface area contributed by atoms with Gasteiger partial charge in [-0.25, -0.2) is 4.98 Å². The van der Waals surface area contributed by atoms with Crippen molar-refractivity contribution in [3.05, 3.63) is 35.6 Å². The molecule has 0 aliphatic heterocycles. The van der Waals surface area contributed by atoms with Gasteiger partial charge in [0.15, 0.2) is 17.0 Å². The number of halogens is 1. The van der Waals surface area contributed by atoms with Crippen LogP contribution < -0.4 is 10.6 Å². The normalized spacial score (nSPS) is 13.7. The lowest BCUT2D eigenvalue weighted by Crippen LogP contribution is -2.31. The molecule has 0 spiro atoms. The van der Waals surface area contributed by atoms with Gasteiger partial charge in [0.25, 0.3) is 0 Å². The highest BCUT2D eigenvalue weighted by Gasteiger charge is 2.19. The minimum Gasteiger partial charge on any atom is -0.394 e. The molecule has 3 aromatic rings. The molecule has 3 rings (SSSR count). The zero-order valence-electron chi connectivity index (χ0n) is 16.6. The molecule has 150 valence electrons. The highest BCUT2D eigenvalue weighted by molar-refractivity contribution is 6.30. The summed E-state index contributed by atoms with van der Waals surface area (Å²) in [6.45, 7) is 8.36. The maximum absolute atomic E-state index is 9.77. The third-order valence-corrected chi connectivity index (χ3v) is 5.14. The van der Waals surface area contributed by atoms with Gasteiger partial charge >= 0.3 is 0 Å². The Morgan fingerprint density at radius 1 is 1.21 bits per heavy atom. The molecule has 3 N–H and O–H groups in total. The summed E-state index contributed by atoms with van der Waals surface area (Å²) in [5, 5.41) is 17.0. The molecule has 0 saturated carbocycles. The summed E-state index contributed by atoms with van der Waals surface area (Å²) in [5.74, 6) is 1.33. The van der Waals surface area contributed by atoms with Crippen molar-refractivity contribution in [2.24, 2.45) is 5.92 Å². The Kier molecular flexibility index (Phi) is 6.36. The molecule has 1 aromatic carbocycles. The van der Waals surface area contributed by atoms with E-state index >= 15 is 0 Å². The summed E-state index contributed by atoms with van der Waals surface area (Å²) < 4.78 is 2.00. The van der Waals surface area contributed by atoms with Crippen LogP contribution in [0.2, 0.25) is 5.02 Å². The third-order valence-electron chi connectivity index (χ3n) is 4.91. The predicted molar refractivity (Wildman–Crippen MR) is 114 cm³/mol. The van der Waals surface area contributed by atoms with Crippen molar-refractivity contribution in [3.63, 3.8) is 0 Å². The summed E-state index contributed by atoms with van der Waals surface area (Å²) in [6, 6.07) is 7.52. The van der Waals surface area contributed by atoms with Crippen molar-refractivity contribution in [2.75, 3.05) is 17.2 Å². The quantitative estimate of drug-likeness (QED) is 0.509. The van der Waals surface area contributed by atoms with Crippen molar-refractivity contribution >= 4 is 40.2 Å². The number of rotatable bonds is 8. The molecule has 0 radical (unpaired) electrons. The molecule has 0 fully saturated rings. The number of hydrogen-bond donors (Lipinski definition) is 3. The molecule has 0 saturated heterocycles. The smallest absolute Gasteiger partial charge is 0.227 e. The molecule has 8 heteroatoms. The Hall–Kier alpha value is -2.38. The first kappa shape index (κ1) is 20.4. The first-order chi connectivity index (χ1) is 13.4. The first-order valence-electron chi connectivity index (χ1n) is 9.57. The maximum Gasteiger partial charge on any atom is 0.227 e. The topological polar surface area (TPSA) is 87.9 Å². The summed E-state index contributed by atoms with van der Waals surface area (Å²) in [4.78, 5) is 13.8. The van der Waals surface area contributed by atoms with Crippen LogP contribution in [0.5, 0.6) is 0 Å². The van der Waals surface area contributed by atoms with E-state index in [-0.39, 0.29) is 24.6 Å². The van der Waals surface area contributed by atoms with Crippen LogP contribution in [0.15, 0.2) is 30.6 Å². The van der Waals surface area contributed by atoms with Gasteiger partial charge in [0.1, 0.15) is 0 Å². The highest BCUT2D eigenvalue weighted by atomic mass is 35.5. The third kappa shape index (κ3) is 4.36. The van der Waals surface area contributed by atoms with Crippen LogP contribution in [0, 0.1) is 5.92 Å². The molecule has 7 nitrogen and oxygen atoms in total. The molecule has 2 aromatic heterocycles. The van der Waals surface area contributed by atoms with Gasteiger partial charge in [-0.05, 0) is 38.0 Å². The second-order valence-corrected chi connectivity index (χ2v) is 7.70. The van der Waals surface area contributed by atoms with Crippen molar-refractivity contribution in [1.29, 1.82) is 0 Å². The van der Waals surface area contributed by atoms with E-state index in [1.54, 1.807) is 6.33 Å². The van der Waals surface area contributed by atoms with Crippen LogP contribution in [0.4, 0.5) is 17.5 Å². The lowest BCUT2D eigenvalue weighted by molar-refractivity contribution is 0.240. The number of nitrogens with zero attached hydrogens (tertiary/aromatic N) is 4. The molecule has 0 bridgehead atoms. The van der Waals surface area contributed by atoms with Crippen molar-refractivity contribution in [2.45, 2.75) is 46.2 Å². The van der Waals surface area contributed by atoms with E-state index in [1.807, 2.05) is 28.8 Å². The fourth-order valence-electron chi connectivity index (χ4n) is 2.97. The van der Waals surface area contributed by atoms with Gasteiger partial charge in [-0.1, -0.05) is 37.9 Å². The SMILES string of the molecule is CCC(C)C(CO)Nc1nc(Nc2cccc(Cl)c2)c2ncn(C(C)C)c2n1. The Morgan fingerprint density at radius 3 is 2.64 bits per heavy atom. The van der Waals surface area contributed by atoms with Crippen LogP contribution >= 0.6 is 11.6 Å². The molecule has 0 aliphatic rings. The maximum atomic E-state index is 9.77. The van der Waals surface area contributed by atoms with Crippen molar-refractivity contribution in [1.82, 2.24) is 19.5 Å². The molecule has 2 heterocycles. The van der Waals surface area contributed by atoms with E-state index in [2.05, 4.69) is 53.3 Å². The van der Waals surface area contributed by atoms with Crippen LogP contribution in [0.1, 0.15) is 40.2 Å². The summed E-state index contributed by atoms with van der Waals surface area (Å²) in [7, 11) is 0. The Bertz CT molecular complexity index is 942. The van der Waals surface area contributed by atoms with Gasteiger partial charge in [0.05, 0.1) is 19.0 Å². The fourth-order valence-corrected chi connectivity index (χ4v) is 3.16. The molecular formula is C20H27ClN6O. The zero-order valence-corrected chi connectivity index (χ0v) is 17.4. The van der Waals surface area contributed by atoms with Gasteiger partial charge in [0, 0.05) is 16.8 Å². The monoisotopic (exact) mass is 402 g/mol. The number of benzene rings is 1. The molecule has 2 atom stereocenters. The number of aliphatic hydroxyl groups excluding tert-OH is 1. The van der Waals surface area contributed by atoms with Crippen molar-refractivity contribution in [3.8, 4) is 0 Å². The van der Waals surface area contributed by atoms with E-state index in [9.17, 15) is 5.11 Å². The molecule has 0 aliphatic carbocycles. The lowest BCUT2D eigenvalue weighted by atomic mass is 10.0. The second kappa shape index (κ2) is 8.75. The van der Waals surface area contributed by atoms with Gasteiger partial charge in [-0.3, -0.25) is 0 Å². The fraction of sp³-hybridized carbons (Fsp3) is 0.450. The second-order valence-electron chi connectivity index (χ2n) is 7.27. The standard InChI is InChI=1S/C20H27ClN6O/c1-5-13(4)16(10-28)24-20-25-18(23-15-8-6-7-14(21)9-15)17-19(26-20)27(11-22-17)12(2)3/h6-9,11-13,16,28H,5,10H2,1-4H3,(H2,23,24,25,26). The van der Waals surface area contributed by atoms with Gasteiger partial charge in [-0.15, -0.1) is 0 Å². The van der Waals surface area contributed by atoms with Crippen LogP contribution in [-0.4, -0.2) is 37.3 Å². The van der Waals surface area contributed by atoms with Crippen LogP contribution in [-0.2, 0) is 0 Å². The average molecular weight is 403 g/mol. The number of aromatic nitrogens is 4. The van der Waals surface area contributed by atoms with Gasteiger partial charge < -0.3 is 20.3 Å². The summed E-state index contributed by atoms with van der Waals surface area (Å²) in [6.07, 6.45) is 2.72. The minimum absolute atomic E-state index is 0.0108. The molecule has 28 heavy (non-hydrogen) atoms. The highest BCUT2D eigenvalue weighted by Crippen LogP contribution is 2.27. The minimum atomic E-state index is -0.128. The van der Waals surface area contributed by atoms with E-state index in [0.29, 0.717) is 22.3 Å².